The molecule has 0 radical (unpaired) electrons. The molecule has 1 unspecified atom stereocenters. The predicted octanol–water partition coefficient (Wildman–Crippen LogP) is 3.93. The first-order valence-electron chi connectivity index (χ1n) is 8.34. The average Bonchev–Trinajstić information content (AvgIpc) is 3.25. The lowest BCUT2D eigenvalue weighted by Crippen LogP contribution is -2.26. The van der Waals surface area contributed by atoms with Crippen LogP contribution in [0.5, 0.6) is 0 Å². The van der Waals surface area contributed by atoms with Gasteiger partial charge < -0.3 is 5.32 Å². The van der Waals surface area contributed by atoms with Crippen LogP contribution in [0.2, 0.25) is 10.0 Å². The number of carbonyl (C=O) groups excluding carboxylic acids is 1. The molecule has 146 valence electrons. The van der Waals surface area contributed by atoms with Crippen LogP contribution in [0.25, 0.3) is 0 Å². The number of benzene rings is 1. The Morgan fingerprint density at radius 3 is 2.61 bits per heavy atom. The van der Waals surface area contributed by atoms with E-state index in [1.165, 1.54) is 10.9 Å². The van der Waals surface area contributed by atoms with E-state index in [-0.39, 0.29) is 16.5 Å². The fourth-order valence-corrected chi connectivity index (χ4v) is 2.95. The second kappa shape index (κ2) is 8.41. The van der Waals surface area contributed by atoms with Crippen molar-refractivity contribution in [1.82, 2.24) is 19.6 Å². The molecule has 0 saturated carbocycles. The molecule has 3 rings (SSSR count). The smallest absolute Gasteiger partial charge is 0.306 e. The van der Waals surface area contributed by atoms with E-state index in [1.807, 2.05) is 12.1 Å². The topological polar surface area (TPSA) is 108 Å². The van der Waals surface area contributed by atoms with Gasteiger partial charge in [-0.05, 0) is 24.1 Å². The van der Waals surface area contributed by atoms with Gasteiger partial charge in [-0.1, -0.05) is 42.3 Å². The van der Waals surface area contributed by atoms with Gasteiger partial charge in [0.05, 0.1) is 11.5 Å². The monoisotopic (exact) mass is 422 g/mol. The molecular weight excluding hydrogens is 407 g/mol. The summed E-state index contributed by atoms with van der Waals surface area (Å²) in [6.45, 7) is 2.23. The Balaban J connectivity index is 1.72. The largest absolute Gasteiger partial charge is 0.307 e. The third-order valence-electron chi connectivity index (χ3n) is 4.02. The van der Waals surface area contributed by atoms with Crippen LogP contribution in [0, 0.1) is 10.1 Å². The standard InChI is InChI=1S/C17H16Cl2N6O3/c1-2-15(24-9-13(7-20-24)25(27)28)17(26)21-16-14(19)10-23(22-16)8-11-3-5-12(18)6-4-11/h3-7,9-10,15H,2,8H2,1H3,(H,21,22,26). The van der Waals surface area contributed by atoms with Crippen LogP contribution in [0.4, 0.5) is 11.5 Å². The lowest BCUT2D eigenvalue weighted by molar-refractivity contribution is -0.385. The van der Waals surface area contributed by atoms with Gasteiger partial charge in [-0.3, -0.25) is 24.3 Å². The Hall–Kier alpha value is -2.91. The van der Waals surface area contributed by atoms with Crippen molar-refractivity contribution in [2.45, 2.75) is 25.9 Å². The number of nitrogens with zero attached hydrogens (tertiary/aromatic N) is 5. The summed E-state index contributed by atoms with van der Waals surface area (Å²) in [7, 11) is 0. The van der Waals surface area contributed by atoms with E-state index in [2.05, 4.69) is 15.5 Å². The van der Waals surface area contributed by atoms with Crippen LogP contribution >= 0.6 is 23.2 Å². The predicted molar refractivity (Wildman–Crippen MR) is 105 cm³/mol. The molecule has 28 heavy (non-hydrogen) atoms. The Morgan fingerprint density at radius 1 is 1.29 bits per heavy atom. The summed E-state index contributed by atoms with van der Waals surface area (Å²) in [5.41, 5.74) is 0.785. The third kappa shape index (κ3) is 4.49. The number of anilines is 1. The number of halogens is 2. The van der Waals surface area contributed by atoms with Gasteiger partial charge in [0.1, 0.15) is 23.5 Å². The number of amides is 1. The fourth-order valence-electron chi connectivity index (χ4n) is 2.62. The van der Waals surface area contributed by atoms with Crippen molar-refractivity contribution in [2.24, 2.45) is 0 Å². The van der Waals surface area contributed by atoms with E-state index in [0.29, 0.717) is 18.0 Å². The Morgan fingerprint density at radius 2 is 2.00 bits per heavy atom. The zero-order chi connectivity index (χ0) is 20.3. The van der Waals surface area contributed by atoms with Crippen molar-refractivity contribution in [3.8, 4) is 0 Å². The van der Waals surface area contributed by atoms with Crippen LogP contribution in [-0.2, 0) is 11.3 Å². The molecule has 9 nitrogen and oxygen atoms in total. The van der Waals surface area contributed by atoms with Gasteiger partial charge in [0.2, 0.25) is 5.91 Å². The molecule has 1 N–H and O–H groups in total. The third-order valence-corrected chi connectivity index (χ3v) is 4.55. The van der Waals surface area contributed by atoms with Crippen molar-refractivity contribution < 1.29 is 9.72 Å². The number of hydrogen-bond acceptors (Lipinski definition) is 5. The lowest BCUT2D eigenvalue weighted by atomic mass is 10.2. The molecule has 11 heteroatoms. The lowest BCUT2D eigenvalue weighted by Gasteiger charge is -2.14. The zero-order valence-corrected chi connectivity index (χ0v) is 16.3. The maximum atomic E-state index is 12.6. The van der Waals surface area contributed by atoms with Gasteiger partial charge in [-0.2, -0.15) is 10.2 Å². The molecular formula is C17H16Cl2N6O3. The maximum Gasteiger partial charge on any atom is 0.307 e. The fraction of sp³-hybridized carbons (Fsp3) is 0.235. The van der Waals surface area contributed by atoms with Crippen LogP contribution < -0.4 is 5.32 Å². The molecule has 0 aliphatic heterocycles. The molecule has 1 atom stereocenters. The number of carbonyl (C=O) groups is 1. The van der Waals surface area contributed by atoms with Crippen molar-refractivity contribution in [1.29, 1.82) is 0 Å². The van der Waals surface area contributed by atoms with E-state index in [1.54, 1.807) is 29.9 Å². The van der Waals surface area contributed by atoms with E-state index in [9.17, 15) is 14.9 Å². The van der Waals surface area contributed by atoms with Gasteiger partial charge in [-0.15, -0.1) is 0 Å². The minimum absolute atomic E-state index is 0.184. The van der Waals surface area contributed by atoms with Gasteiger partial charge in [-0.25, -0.2) is 0 Å². The van der Waals surface area contributed by atoms with Gasteiger partial charge in [0.15, 0.2) is 5.82 Å². The summed E-state index contributed by atoms with van der Waals surface area (Å²) in [4.78, 5) is 22.9. The van der Waals surface area contributed by atoms with E-state index in [0.717, 1.165) is 11.8 Å². The molecule has 0 aliphatic rings. The van der Waals surface area contributed by atoms with Crippen molar-refractivity contribution in [3.63, 3.8) is 0 Å². The summed E-state index contributed by atoms with van der Waals surface area (Å²) in [6.07, 6.45) is 4.30. The number of nitrogens with one attached hydrogen (secondary N) is 1. The summed E-state index contributed by atoms with van der Waals surface area (Å²) in [6, 6.07) is 6.56. The Bertz CT molecular complexity index is 999. The summed E-state index contributed by atoms with van der Waals surface area (Å²) < 4.78 is 2.85. The van der Waals surface area contributed by atoms with Crippen LogP contribution in [0.3, 0.4) is 0 Å². The maximum absolute atomic E-state index is 12.6. The highest BCUT2D eigenvalue weighted by atomic mass is 35.5. The first-order chi connectivity index (χ1) is 13.4. The molecule has 1 amide bonds. The zero-order valence-electron chi connectivity index (χ0n) is 14.7. The average molecular weight is 423 g/mol. The number of nitro groups is 1. The van der Waals surface area contributed by atoms with Crippen LogP contribution in [0.15, 0.2) is 42.9 Å². The van der Waals surface area contributed by atoms with Gasteiger partial charge in [0.25, 0.3) is 0 Å². The van der Waals surface area contributed by atoms with Crippen molar-refractivity contribution in [2.75, 3.05) is 5.32 Å². The highest BCUT2D eigenvalue weighted by molar-refractivity contribution is 6.33. The van der Waals surface area contributed by atoms with Crippen molar-refractivity contribution >= 4 is 40.6 Å². The van der Waals surface area contributed by atoms with Crippen LogP contribution in [0.1, 0.15) is 24.9 Å². The van der Waals surface area contributed by atoms with Crippen LogP contribution in [-0.4, -0.2) is 30.4 Å². The minimum atomic E-state index is -0.730. The van der Waals surface area contributed by atoms with Gasteiger partial charge >= 0.3 is 5.69 Å². The molecule has 0 saturated heterocycles. The summed E-state index contributed by atoms with van der Waals surface area (Å²) in [5, 5.41) is 22.6. The number of rotatable bonds is 7. The minimum Gasteiger partial charge on any atom is -0.306 e. The molecule has 3 aromatic rings. The second-order valence-corrected chi connectivity index (χ2v) is 6.84. The van der Waals surface area contributed by atoms with E-state index >= 15 is 0 Å². The Kier molecular flexibility index (Phi) is 5.96. The number of hydrogen-bond donors (Lipinski definition) is 1. The molecule has 2 heterocycles. The quantitative estimate of drug-likeness (QED) is 0.458. The summed E-state index contributed by atoms with van der Waals surface area (Å²) in [5.74, 6) is -0.208. The SMILES string of the molecule is CCC(C(=O)Nc1nn(Cc2ccc(Cl)cc2)cc1Cl)n1cc([N+](=O)[O-])cn1. The first-order valence-corrected chi connectivity index (χ1v) is 9.09. The molecule has 0 aliphatic carbocycles. The molecule has 0 fully saturated rings. The first kappa shape index (κ1) is 19.8. The highest BCUT2D eigenvalue weighted by Crippen LogP contribution is 2.23. The normalized spacial score (nSPS) is 12.0. The van der Waals surface area contributed by atoms with Gasteiger partial charge in [0, 0.05) is 11.2 Å². The van der Waals surface area contributed by atoms with E-state index in [4.69, 9.17) is 23.2 Å². The summed E-state index contributed by atoms with van der Waals surface area (Å²) >= 11 is 12.1. The molecule has 0 spiro atoms. The number of aromatic nitrogens is 4. The van der Waals surface area contributed by atoms with Crippen molar-refractivity contribution in [3.05, 3.63) is 68.6 Å². The molecule has 0 bridgehead atoms. The molecule has 2 aromatic heterocycles. The van der Waals surface area contributed by atoms with E-state index < -0.39 is 16.9 Å². The second-order valence-electron chi connectivity index (χ2n) is 6.00. The Labute approximate surface area is 170 Å². The highest BCUT2D eigenvalue weighted by Gasteiger charge is 2.23. The molecule has 1 aromatic carbocycles.